The van der Waals surface area contributed by atoms with Gasteiger partial charge in [0.2, 0.25) is 0 Å². The summed E-state index contributed by atoms with van der Waals surface area (Å²) >= 11 is 0. The molecule has 1 heterocycles. The van der Waals surface area contributed by atoms with Crippen LogP contribution in [0.1, 0.15) is 63.8 Å². The fraction of sp³-hybridized carbons (Fsp3) is 0.250. The number of rotatable bonds is 4. The number of esters is 3. The lowest BCUT2D eigenvalue weighted by Crippen LogP contribution is -2.15. The molecular formula is C20H18O5. The van der Waals surface area contributed by atoms with Gasteiger partial charge in [0.1, 0.15) is 5.75 Å². The Labute approximate surface area is 145 Å². The third-order valence-corrected chi connectivity index (χ3v) is 4.61. The van der Waals surface area contributed by atoms with E-state index in [1.54, 1.807) is 12.1 Å². The maximum absolute atomic E-state index is 12.3. The second kappa shape index (κ2) is 6.16. The molecule has 0 aromatic heterocycles. The number of benzene rings is 2. The van der Waals surface area contributed by atoms with Crippen molar-refractivity contribution < 1.29 is 23.9 Å². The number of hydrogen-bond donors (Lipinski definition) is 0. The van der Waals surface area contributed by atoms with Gasteiger partial charge in [-0.25, -0.2) is 14.4 Å². The molecule has 25 heavy (non-hydrogen) atoms. The Morgan fingerprint density at radius 3 is 2.28 bits per heavy atom. The van der Waals surface area contributed by atoms with E-state index in [1.807, 2.05) is 12.1 Å². The zero-order valence-electron chi connectivity index (χ0n) is 14.3. The minimum atomic E-state index is -0.749. The smallest absolute Gasteiger partial charge is 0.346 e. The van der Waals surface area contributed by atoms with Gasteiger partial charge in [-0.1, -0.05) is 32.9 Å². The van der Waals surface area contributed by atoms with Crippen LogP contribution < -0.4 is 4.74 Å². The van der Waals surface area contributed by atoms with E-state index in [2.05, 4.69) is 25.5 Å². The number of cyclic esters (lactones) is 2. The van der Waals surface area contributed by atoms with E-state index in [1.165, 1.54) is 18.2 Å². The molecule has 0 aliphatic carbocycles. The third kappa shape index (κ3) is 3.18. The SMILES string of the molecule is CCC(C)(C)c1ccc(OC(=O)c2ccc3c(c2)C(=O)OC3=O)cc1. The molecule has 0 saturated heterocycles. The Morgan fingerprint density at radius 1 is 1.00 bits per heavy atom. The van der Waals surface area contributed by atoms with Gasteiger partial charge in [0.25, 0.3) is 0 Å². The number of fused-ring (bicyclic) bond motifs is 1. The van der Waals surface area contributed by atoms with Crippen molar-refractivity contribution in [3.63, 3.8) is 0 Å². The predicted octanol–water partition coefficient (Wildman–Crippen LogP) is 3.90. The van der Waals surface area contributed by atoms with Crippen molar-refractivity contribution in [1.29, 1.82) is 0 Å². The van der Waals surface area contributed by atoms with Crippen LogP contribution in [0.25, 0.3) is 0 Å². The molecule has 0 atom stereocenters. The highest BCUT2D eigenvalue weighted by Crippen LogP contribution is 2.28. The van der Waals surface area contributed by atoms with Gasteiger partial charge in [-0.3, -0.25) is 0 Å². The molecule has 1 aliphatic heterocycles. The van der Waals surface area contributed by atoms with E-state index in [0.717, 1.165) is 12.0 Å². The van der Waals surface area contributed by atoms with E-state index >= 15 is 0 Å². The van der Waals surface area contributed by atoms with Gasteiger partial charge in [-0.15, -0.1) is 0 Å². The first kappa shape index (κ1) is 16.9. The molecule has 3 rings (SSSR count). The van der Waals surface area contributed by atoms with Crippen molar-refractivity contribution in [3.8, 4) is 5.75 Å². The molecule has 0 fully saturated rings. The van der Waals surface area contributed by atoms with E-state index in [9.17, 15) is 14.4 Å². The fourth-order valence-electron chi connectivity index (χ4n) is 2.56. The van der Waals surface area contributed by atoms with E-state index in [4.69, 9.17) is 4.74 Å². The Hall–Kier alpha value is -2.95. The summed E-state index contributed by atoms with van der Waals surface area (Å²) in [7, 11) is 0. The largest absolute Gasteiger partial charge is 0.423 e. The van der Waals surface area contributed by atoms with Crippen LogP contribution in [0.3, 0.4) is 0 Å². The van der Waals surface area contributed by atoms with Crippen LogP contribution >= 0.6 is 0 Å². The van der Waals surface area contributed by atoms with E-state index < -0.39 is 17.9 Å². The van der Waals surface area contributed by atoms with Crippen LogP contribution in [0.5, 0.6) is 5.75 Å². The zero-order valence-corrected chi connectivity index (χ0v) is 14.3. The highest BCUT2D eigenvalue weighted by Gasteiger charge is 2.30. The second-order valence-corrected chi connectivity index (χ2v) is 6.59. The Bertz CT molecular complexity index is 862. The van der Waals surface area contributed by atoms with Gasteiger partial charge in [0.05, 0.1) is 16.7 Å². The molecule has 5 nitrogen and oxygen atoms in total. The number of ether oxygens (including phenoxy) is 2. The van der Waals surface area contributed by atoms with Crippen LogP contribution in [0.15, 0.2) is 42.5 Å². The summed E-state index contributed by atoms with van der Waals surface area (Å²) in [5.41, 5.74) is 1.64. The Morgan fingerprint density at radius 2 is 1.64 bits per heavy atom. The summed E-state index contributed by atoms with van der Waals surface area (Å²) in [6, 6.07) is 11.5. The minimum Gasteiger partial charge on any atom is -0.423 e. The average molecular weight is 338 g/mol. The van der Waals surface area contributed by atoms with Crippen LogP contribution in [0, 0.1) is 0 Å². The summed E-state index contributed by atoms with van der Waals surface area (Å²) < 4.78 is 9.86. The van der Waals surface area contributed by atoms with Gasteiger partial charge in [-0.05, 0) is 47.7 Å². The normalized spacial score (nSPS) is 13.4. The highest BCUT2D eigenvalue weighted by molar-refractivity contribution is 6.15. The first-order chi connectivity index (χ1) is 11.8. The van der Waals surface area contributed by atoms with Crippen LogP contribution in [-0.2, 0) is 10.2 Å². The predicted molar refractivity (Wildman–Crippen MR) is 90.9 cm³/mol. The zero-order chi connectivity index (χ0) is 18.2. The maximum atomic E-state index is 12.3. The van der Waals surface area contributed by atoms with Gasteiger partial charge >= 0.3 is 17.9 Å². The molecule has 0 N–H and O–H groups in total. The summed E-state index contributed by atoms with van der Waals surface area (Å²) in [5, 5.41) is 0. The molecule has 1 aliphatic rings. The third-order valence-electron chi connectivity index (χ3n) is 4.61. The summed E-state index contributed by atoms with van der Waals surface area (Å²) in [6.45, 7) is 6.43. The number of carbonyl (C=O) groups excluding carboxylic acids is 3. The van der Waals surface area contributed by atoms with Crippen LogP contribution in [0.4, 0.5) is 0 Å². The molecule has 0 saturated carbocycles. The van der Waals surface area contributed by atoms with Crippen molar-refractivity contribution in [2.75, 3.05) is 0 Å². The molecule has 0 radical (unpaired) electrons. The Kier molecular flexibility index (Phi) is 4.17. The van der Waals surface area contributed by atoms with Crippen molar-refractivity contribution in [1.82, 2.24) is 0 Å². The molecule has 0 bridgehead atoms. The lowest BCUT2D eigenvalue weighted by Gasteiger charge is -2.23. The topological polar surface area (TPSA) is 69.7 Å². The molecule has 0 amide bonds. The van der Waals surface area contributed by atoms with Crippen molar-refractivity contribution >= 4 is 17.9 Å². The van der Waals surface area contributed by atoms with Crippen LogP contribution in [0.2, 0.25) is 0 Å². The molecule has 2 aromatic rings. The molecule has 0 spiro atoms. The highest BCUT2D eigenvalue weighted by atomic mass is 16.6. The number of hydrogen-bond acceptors (Lipinski definition) is 5. The van der Waals surface area contributed by atoms with Crippen molar-refractivity contribution in [2.45, 2.75) is 32.6 Å². The fourth-order valence-corrected chi connectivity index (χ4v) is 2.56. The summed E-state index contributed by atoms with van der Waals surface area (Å²) in [6.07, 6.45) is 0.996. The minimum absolute atomic E-state index is 0.0510. The van der Waals surface area contributed by atoms with Crippen molar-refractivity contribution in [3.05, 3.63) is 64.7 Å². The maximum Gasteiger partial charge on any atom is 0.346 e. The first-order valence-corrected chi connectivity index (χ1v) is 8.05. The number of carbonyl (C=O) groups is 3. The van der Waals surface area contributed by atoms with Crippen LogP contribution in [-0.4, -0.2) is 17.9 Å². The average Bonchev–Trinajstić information content (AvgIpc) is 2.89. The van der Waals surface area contributed by atoms with Gasteiger partial charge in [0, 0.05) is 0 Å². The summed E-state index contributed by atoms with van der Waals surface area (Å²) in [4.78, 5) is 35.3. The Balaban J connectivity index is 1.78. The molecule has 2 aromatic carbocycles. The molecule has 5 heteroatoms. The summed E-state index contributed by atoms with van der Waals surface area (Å²) in [5.74, 6) is -1.63. The van der Waals surface area contributed by atoms with Gasteiger partial charge < -0.3 is 9.47 Å². The van der Waals surface area contributed by atoms with Crippen molar-refractivity contribution in [2.24, 2.45) is 0 Å². The van der Waals surface area contributed by atoms with E-state index in [0.29, 0.717) is 5.75 Å². The quantitative estimate of drug-likeness (QED) is 0.480. The lowest BCUT2D eigenvalue weighted by atomic mass is 9.82. The van der Waals surface area contributed by atoms with Gasteiger partial charge in [0.15, 0.2) is 0 Å². The lowest BCUT2D eigenvalue weighted by molar-refractivity contribution is 0.0443. The first-order valence-electron chi connectivity index (χ1n) is 8.05. The standard InChI is InChI=1S/C20H18O5/c1-4-20(2,3)13-6-8-14(9-7-13)24-17(21)12-5-10-15-16(11-12)19(23)25-18(15)22/h5-11H,4H2,1-3H3. The second-order valence-electron chi connectivity index (χ2n) is 6.59. The van der Waals surface area contributed by atoms with Gasteiger partial charge in [-0.2, -0.15) is 0 Å². The molecule has 128 valence electrons. The molecular weight excluding hydrogens is 320 g/mol. The molecule has 0 unspecified atom stereocenters. The van der Waals surface area contributed by atoms with E-state index in [-0.39, 0.29) is 22.1 Å². The monoisotopic (exact) mass is 338 g/mol.